The molecule has 0 atom stereocenters. The molecule has 0 spiro atoms. The van der Waals surface area contributed by atoms with Crippen molar-refractivity contribution in [3.63, 3.8) is 0 Å². The van der Waals surface area contributed by atoms with Gasteiger partial charge in [-0.3, -0.25) is 0 Å². The first-order chi connectivity index (χ1) is 15.7. The first-order valence-corrected chi connectivity index (χ1v) is 11.2. The minimum absolute atomic E-state index is 0.725. The highest BCUT2D eigenvalue weighted by Crippen LogP contribution is 2.44. The van der Waals surface area contributed by atoms with Crippen molar-refractivity contribution >= 4 is 45.0 Å². The van der Waals surface area contributed by atoms with Crippen molar-refractivity contribution in [1.29, 1.82) is 0 Å². The van der Waals surface area contributed by atoms with E-state index in [9.17, 15) is 0 Å². The molecule has 0 fully saturated rings. The monoisotopic (exact) mass is 452 g/mol. The van der Waals surface area contributed by atoms with Crippen LogP contribution in [0.1, 0.15) is 0 Å². The van der Waals surface area contributed by atoms with E-state index in [2.05, 4.69) is 82.8 Å². The Balaban J connectivity index is 1.71. The number of aromatic nitrogens is 2. The van der Waals surface area contributed by atoms with E-state index in [1.165, 1.54) is 10.8 Å². The standard InChI is InChI=1S/C28H18Cl2N2/c29-19-13-9-17(10-14-19)25-21-5-1-3-7-23(21)31-27(25)28-26(18-11-15-20(30)16-12-18)22-6-2-4-8-24(22)32-28/h1-16,31-32H. The van der Waals surface area contributed by atoms with E-state index in [4.69, 9.17) is 23.2 Å². The van der Waals surface area contributed by atoms with Crippen molar-refractivity contribution in [3.05, 3.63) is 107 Å². The molecular weight excluding hydrogens is 435 g/mol. The SMILES string of the molecule is Clc1ccc(-c2c(-c3[nH]c4ccccc4c3-c3ccc(Cl)cc3)[nH]c3ccccc23)cc1. The maximum atomic E-state index is 6.19. The second-order valence-electron chi connectivity index (χ2n) is 7.85. The number of hydrogen-bond donors (Lipinski definition) is 2. The molecule has 0 aliphatic heterocycles. The average molecular weight is 453 g/mol. The lowest BCUT2D eigenvalue weighted by Crippen LogP contribution is -1.87. The van der Waals surface area contributed by atoms with Crippen molar-refractivity contribution in [1.82, 2.24) is 9.97 Å². The number of aromatic amines is 2. The molecule has 2 N–H and O–H groups in total. The lowest BCUT2D eigenvalue weighted by Gasteiger charge is -2.09. The molecule has 2 aromatic heterocycles. The summed E-state index contributed by atoms with van der Waals surface area (Å²) in [6.45, 7) is 0. The van der Waals surface area contributed by atoms with E-state index in [1.807, 2.05) is 24.3 Å². The molecule has 0 aliphatic rings. The van der Waals surface area contributed by atoms with Crippen molar-refractivity contribution in [3.8, 4) is 33.6 Å². The fourth-order valence-corrected chi connectivity index (χ4v) is 4.74. The summed E-state index contributed by atoms with van der Waals surface area (Å²) in [6.07, 6.45) is 0. The minimum Gasteiger partial charge on any atom is -0.353 e. The third kappa shape index (κ3) is 3.12. The van der Waals surface area contributed by atoms with Crippen LogP contribution < -0.4 is 0 Å². The summed E-state index contributed by atoms with van der Waals surface area (Å²) in [5.74, 6) is 0. The lowest BCUT2D eigenvalue weighted by atomic mass is 9.96. The van der Waals surface area contributed by atoms with Gasteiger partial charge < -0.3 is 9.97 Å². The molecule has 32 heavy (non-hydrogen) atoms. The molecule has 0 saturated carbocycles. The highest BCUT2D eigenvalue weighted by molar-refractivity contribution is 6.31. The van der Waals surface area contributed by atoms with Gasteiger partial charge >= 0.3 is 0 Å². The molecule has 4 heteroatoms. The quantitative estimate of drug-likeness (QED) is 0.268. The predicted molar refractivity (Wildman–Crippen MR) is 136 cm³/mol. The van der Waals surface area contributed by atoms with Crippen molar-refractivity contribution in [2.24, 2.45) is 0 Å². The zero-order valence-electron chi connectivity index (χ0n) is 17.0. The molecule has 6 rings (SSSR count). The number of para-hydroxylation sites is 2. The Kier molecular flexibility index (Phi) is 4.57. The van der Waals surface area contributed by atoms with Crippen molar-refractivity contribution < 1.29 is 0 Å². The molecule has 4 aromatic carbocycles. The summed E-state index contributed by atoms with van der Waals surface area (Å²) >= 11 is 12.4. The Hall–Kier alpha value is -3.46. The Morgan fingerprint density at radius 2 is 0.812 bits per heavy atom. The lowest BCUT2D eigenvalue weighted by molar-refractivity contribution is 1.38. The van der Waals surface area contributed by atoms with Gasteiger partial charge in [-0.15, -0.1) is 0 Å². The molecule has 0 aliphatic carbocycles. The molecule has 6 aromatic rings. The van der Waals surface area contributed by atoms with Crippen LogP contribution in [0, 0.1) is 0 Å². The van der Waals surface area contributed by atoms with Crippen LogP contribution in [-0.2, 0) is 0 Å². The summed E-state index contributed by atoms with van der Waals surface area (Å²) in [5, 5.41) is 3.79. The molecule has 0 radical (unpaired) electrons. The summed E-state index contributed by atoms with van der Waals surface area (Å²) < 4.78 is 0. The first kappa shape index (κ1) is 19.2. The fraction of sp³-hybridized carbons (Fsp3) is 0. The van der Waals surface area contributed by atoms with E-state index in [0.717, 1.165) is 54.7 Å². The van der Waals surface area contributed by atoms with Gasteiger partial charge in [-0.2, -0.15) is 0 Å². The molecule has 0 saturated heterocycles. The Morgan fingerprint density at radius 1 is 0.438 bits per heavy atom. The Bertz CT molecular complexity index is 1450. The number of H-pyrrole nitrogens is 2. The van der Waals surface area contributed by atoms with Crippen LogP contribution in [-0.4, -0.2) is 9.97 Å². The maximum Gasteiger partial charge on any atom is 0.0716 e. The topological polar surface area (TPSA) is 31.6 Å². The minimum atomic E-state index is 0.725. The summed E-state index contributed by atoms with van der Waals surface area (Å²) in [5.41, 5.74) is 8.81. The number of nitrogens with one attached hydrogen (secondary N) is 2. The molecular formula is C28H18Cl2N2. The summed E-state index contributed by atoms with van der Waals surface area (Å²) in [6, 6.07) is 32.9. The van der Waals surface area contributed by atoms with Crippen LogP contribution >= 0.6 is 23.2 Å². The van der Waals surface area contributed by atoms with E-state index >= 15 is 0 Å². The normalized spacial score (nSPS) is 11.4. The molecule has 0 unspecified atom stereocenters. The maximum absolute atomic E-state index is 6.19. The zero-order chi connectivity index (χ0) is 21.7. The Labute approximate surface area is 195 Å². The van der Waals surface area contributed by atoms with Crippen LogP contribution in [0.2, 0.25) is 10.0 Å². The summed E-state index contributed by atoms with van der Waals surface area (Å²) in [4.78, 5) is 7.37. The van der Waals surface area contributed by atoms with Crippen LogP contribution in [0.3, 0.4) is 0 Å². The van der Waals surface area contributed by atoms with Crippen molar-refractivity contribution in [2.75, 3.05) is 0 Å². The van der Waals surface area contributed by atoms with Gasteiger partial charge in [0.05, 0.1) is 11.4 Å². The van der Waals surface area contributed by atoms with Gasteiger partial charge in [0.2, 0.25) is 0 Å². The zero-order valence-corrected chi connectivity index (χ0v) is 18.5. The first-order valence-electron chi connectivity index (χ1n) is 10.4. The van der Waals surface area contributed by atoms with Gasteiger partial charge in [0, 0.05) is 43.0 Å². The molecule has 0 amide bonds. The number of halogens is 2. The van der Waals surface area contributed by atoms with E-state index in [-0.39, 0.29) is 0 Å². The number of benzene rings is 4. The van der Waals surface area contributed by atoms with Gasteiger partial charge in [0.1, 0.15) is 0 Å². The molecule has 154 valence electrons. The third-order valence-electron chi connectivity index (χ3n) is 5.93. The van der Waals surface area contributed by atoms with Gasteiger partial charge in [-0.25, -0.2) is 0 Å². The van der Waals surface area contributed by atoms with Crippen LogP contribution in [0.25, 0.3) is 55.4 Å². The highest BCUT2D eigenvalue weighted by atomic mass is 35.5. The van der Waals surface area contributed by atoms with Gasteiger partial charge in [0.25, 0.3) is 0 Å². The van der Waals surface area contributed by atoms with Crippen LogP contribution in [0.5, 0.6) is 0 Å². The summed E-state index contributed by atoms with van der Waals surface area (Å²) in [7, 11) is 0. The number of hydrogen-bond acceptors (Lipinski definition) is 0. The second kappa shape index (κ2) is 7.59. The van der Waals surface area contributed by atoms with E-state index < -0.39 is 0 Å². The van der Waals surface area contributed by atoms with Crippen LogP contribution in [0.4, 0.5) is 0 Å². The smallest absolute Gasteiger partial charge is 0.0716 e. The van der Waals surface area contributed by atoms with Gasteiger partial charge in [-0.1, -0.05) is 83.9 Å². The van der Waals surface area contributed by atoms with Gasteiger partial charge in [-0.05, 0) is 47.5 Å². The third-order valence-corrected chi connectivity index (χ3v) is 6.43. The number of rotatable bonds is 3. The van der Waals surface area contributed by atoms with E-state index in [0.29, 0.717) is 0 Å². The van der Waals surface area contributed by atoms with E-state index in [1.54, 1.807) is 0 Å². The average Bonchev–Trinajstić information content (AvgIpc) is 3.39. The van der Waals surface area contributed by atoms with Crippen molar-refractivity contribution in [2.45, 2.75) is 0 Å². The second-order valence-corrected chi connectivity index (χ2v) is 8.73. The molecule has 2 heterocycles. The Morgan fingerprint density at radius 3 is 1.22 bits per heavy atom. The predicted octanol–water partition coefficient (Wildman–Crippen LogP) is 8.96. The molecule has 0 bridgehead atoms. The fourth-order valence-electron chi connectivity index (χ4n) is 4.49. The van der Waals surface area contributed by atoms with Crippen LogP contribution in [0.15, 0.2) is 97.1 Å². The molecule has 2 nitrogen and oxygen atoms in total. The van der Waals surface area contributed by atoms with Gasteiger partial charge in [0.15, 0.2) is 0 Å². The number of fused-ring (bicyclic) bond motifs is 2. The largest absolute Gasteiger partial charge is 0.353 e. The highest BCUT2D eigenvalue weighted by Gasteiger charge is 2.21.